The van der Waals surface area contributed by atoms with Gasteiger partial charge in [-0.05, 0) is 24.8 Å². The van der Waals surface area contributed by atoms with Gasteiger partial charge >= 0.3 is 0 Å². The summed E-state index contributed by atoms with van der Waals surface area (Å²) < 4.78 is 0. The molecule has 1 fully saturated rings. The highest BCUT2D eigenvalue weighted by Gasteiger charge is 2.24. The highest BCUT2D eigenvalue weighted by Crippen LogP contribution is 2.20. The highest BCUT2D eigenvalue weighted by molar-refractivity contribution is 5.85. The van der Waals surface area contributed by atoms with Gasteiger partial charge in [0.25, 0.3) is 0 Å². The van der Waals surface area contributed by atoms with Gasteiger partial charge in [0.05, 0.1) is 5.92 Å². The zero-order valence-electron chi connectivity index (χ0n) is 11.9. The van der Waals surface area contributed by atoms with Crippen molar-refractivity contribution in [2.45, 2.75) is 44.6 Å². The topological polar surface area (TPSA) is 58.2 Å². The van der Waals surface area contributed by atoms with Crippen molar-refractivity contribution in [3.8, 4) is 0 Å². The number of carbonyl (C=O) groups is 2. The van der Waals surface area contributed by atoms with E-state index in [1.807, 2.05) is 37.3 Å². The molecule has 1 aliphatic rings. The first-order chi connectivity index (χ1) is 9.70. The summed E-state index contributed by atoms with van der Waals surface area (Å²) in [6.07, 6.45) is 2.92. The van der Waals surface area contributed by atoms with Crippen LogP contribution in [0.2, 0.25) is 0 Å². The molecule has 1 aromatic carbocycles. The molecule has 2 rings (SSSR count). The Kier molecular flexibility index (Phi) is 5.16. The zero-order chi connectivity index (χ0) is 14.4. The average molecular weight is 274 g/mol. The van der Waals surface area contributed by atoms with Gasteiger partial charge < -0.3 is 10.6 Å². The summed E-state index contributed by atoms with van der Waals surface area (Å²) in [6.45, 7) is 2.72. The van der Waals surface area contributed by atoms with Crippen LogP contribution in [0, 0.1) is 0 Å². The standard InChI is InChI=1S/C16H22N2O2/c1-2-14(12-7-4-3-5-8-12)16(20)18-13-9-6-10-17-15(19)11-13/h3-5,7-8,13-14H,2,6,9-11H2,1H3,(H,17,19)(H,18,20). The molecular formula is C16H22N2O2. The molecule has 1 heterocycles. The maximum absolute atomic E-state index is 12.4. The van der Waals surface area contributed by atoms with Crippen molar-refractivity contribution < 1.29 is 9.59 Å². The lowest BCUT2D eigenvalue weighted by molar-refractivity contribution is -0.124. The number of hydrogen-bond donors (Lipinski definition) is 2. The fourth-order valence-electron chi connectivity index (χ4n) is 2.66. The minimum absolute atomic E-state index is 0.0263. The summed E-state index contributed by atoms with van der Waals surface area (Å²) in [5, 5.41) is 5.87. The van der Waals surface area contributed by atoms with E-state index in [0.717, 1.165) is 24.8 Å². The smallest absolute Gasteiger partial charge is 0.227 e. The second kappa shape index (κ2) is 7.08. The van der Waals surface area contributed by atoms with Gasteiger partial charge in [0.2, 0.25) is 11.8 Å². The van der Waals surface area contributed by atoms with E-state index in [4.69, 9.17) is 0 Å². The second-order valence-corrected chi connectivity index (χ2v) is 5.27. The third-order valence-electron chi connectivity index (χ3n) is 3.76. The lowest BCUT2D eigenvalue weighted by Crippen LogP contribution is -2.39. The molecule has 0 saturated carbocycles. The number of hydrogen-bond acceptors (Lipinski definition) is 2. The van der Waals surface area contributed by atoms with Crippen LogP contribution in [0.4, 0.5) is 0 Å². The van der Waals surface area contributed by atoms with Crippen LogP contribution in [-0.2, 0) is 9.59 Å². The molecule has 0 radical (unpaired) electrons. The predicted octanol–water partition coefficient (Wildman–Crippen LogP) is 1.97. The van der Waals surface area contributed by atoms with Gasteiger partial charge in [0.1, 0.15) is 0 Å². The van der Waals surface area contributed by atoms with Crippen LogP contribution in [-0.4, -0.2) is 24.4 Å². The summed E-state index contributed by atoms with van der Waals surface area (Å²) in [5.41, 5.74) is 1.03. The third-order valence-corrected chi connectivity index (χ3v) is 3.76. The Hall–Kier alpha value is -1.84. The molecular weight excluding hydrogens is 252 g/mol. The maximum atomic E-state index is 12.4. The summed E-state index contributed by atoms with van der Waals surface area (Å²) in [5.74, 6) is -0.0820. The third kappa shape index (κ3) is 3.83. The number of carbonyl (C=O) groups excluding carboxylic acids is 2. The number of benzene rings is 1. The van der Waals surface area contributed by atoms with Crippen LogP contribution < -0.4 is 10.6 Å². The molecule has 0 spiro atoms. The minimum Gasteiger partial charge on any atom is -0.356 e. The van der Waals surface area contributed by atoms with Crippen molar-refractivity contribution in [1.82, 2.24) is 10.6 Å². The molecule has 2 amide bonds. The van der Waals surface area contributed by atoms with Crippen molar-refractivity contribution >= 4 is 11.8 Å². The molecule has 1 aliphatic heterocycles. The molecule has 2 unspecified atom stereocenters. The molecule has 1 saturated heterocycles. The molecule has 0 aromatic heterocycles. The quantitative estimate of drug-likeness (QED) is 0.882. The fourth-order valence-corrected chi connectivity index (χ4v) is 2.66. The van der Waals surface area contributed by atoms with Crippen molar-refractivity contribution in [1.29, 1.82) is 0 Å². The molecule has 1 aromatic rings. The zero-order valence-corrected chi connectivity index (χ0v) is 11.9. The normalized spacial score (nSPS) is 20.6. The molecule has 4 heteroatoms. The first kappa shape index (κ1) is 14.6. The van der Waals surface area contributed by atoms with E-state index in [0.29, 0.717) is 13.0 Å². The molecule has 0 aliphatic carbocycles. The Balaban J connectivity index is 2.00. The van der Waals surface area contributed by atoms with Crippen LogP contribution in [0.25, 0.3) is 0 Å². The van der Waals surface area contributed by atoms with Crippen LogP contribution in [0.5, 0.6) is 0 Å². The molecule has 2 atom stereocenters. The van der Waals surface area contributed by atoms with Gasteiger partial charge in [-0.25, -0.2) is 0 Å². The van der Waals surface area contributed by atoms with Gasteiger partial charge in [0.15, 0.2) is 0 Å². The molecule has 108 valence electrons. The fraction of sp³-hybridized carbons (Fsp3) is 0.500. The monoisotopic (exact) mass is 274 g/mol. The van der Waals surface area contributed by atoms with E-state index < -0.39 is 0 Å². The van der Waals surface area contributed by atoms with Gasteiger partial charge in [-0.1, -0.05) is 37.3 Å². The van der Waals surface area contributed by atoms with Gasteiger partial charge in [-0.3, -0.25) is 9.59 Å². The van der Waals surface area contributed by atoms with Crippen molar-refractivity contribution in [3.05, 3.63) is 35.9 Å². The van der Waals surface area contributed by atoms with Gasteiger partial charge in [-0.15, -0.1) is 0 Å². The second-order valence-electron chi connectivity index (χ2n) is 5.27. The Morgan fingerprint density at radius 3 is 2.85 bits per heavy atom. The Bertz CT molecular complexity index is 459. The highest BCUT2D eigenvalue weighted by atomic mass is 16.2. The summed E-state index contributed by atoms with van der Waals surface area (Å²) in [7, 11) is 0. The van der Waals surface area contributed by atoms with Gasteiger partial charge in [0, 0.05) is 19.0 Å². The molecule has 0 bridgehead atoms. The number of amides is 2. The SMILES string of the molecule is CCC(C(=O)NC1CCCNC(=O)C1)c1ccccc1. The number of nitrogens with one attached hydrogen (secondary N) is 2. The lowest BCUT2D eigenvalue weighted by atomic mass is 9.95. The van der Waals surface area contributed by atoms with Crippen LogP contribution in [0.15, 0.2) is 30.3 Å². The van der Waals surface area contributed by atoms with Crippen LogP contribution in [0.3, 0.4) is 0 Å². The summed E-state index contributed by atoms with van der Waals surface area (Å²) in [6, 6.07) is 9.77. The van der Waals surface area contributed by atoms with Crippen LogP contribution >= 0.6 is 0 Å². The predicted molar refractivity (Wildman–Crippen MR) is 78.3 cm³/mol. The van der Waals surface area contributed by atoms with E-state index in [9.17, 15) is 9.59 Å². The van der Waals surface area contributed by atoms with Crippen molar-refractivity contribution in [2.75, 3.05) is 6.54 Å². The first-order valence-electron chi connectivity index (χ1n) is 7.32. The van der Waals surface area contributed by atoms with E-state index in [1.165, 1.54) is 0 Å². The van der Waals surface area contributed by atoms with E-state index in [1.54, 1.807) is 0 Å². The van der Waals surface area contributed by atoms with E-state index >= 15 is 0 Å². The van der Waals surface area contributed by atoms with Crippen LogP contribution in [0.1, 0.15) is 44.1 Å². The largest absolute Gasteiger partial charge is 0.356 e. The molecule has 20 heavy (non-hydrogen) atoms. The Morgan fingerprint density at radius 1 is 1.40 bits per heavy atom. The van der Waals surface area contributed by atoms with Crippen molar-refractivity contribution in [2.24, 2.45) is 0 Å². The molecule has 2 N–H and O–H groups in total. The summed E-state index contributed by atoms with van der Waals surface area (Å²) >= 11 is 0. The van der Waals surface area contributed by atoms with Crippen molar-refractivity contribution in [3.63, 3.8) is 0 Å². The summed E-state index contributed by atoms with van der Waals surface area (Å²) in [4.78, 5) is 23.9. The molecule has 4 nitrogen and oxygen atoms in total. The Labute approximate surface area is 119 Å². The van der Waals surface area contributed by atoms with E-state index in [2.05, 4.69) is 10.6 Å². The Morgan fingerprint density at radius 2 is 2.15 bits per heavy atom. The van der Waals surface area contributed by atoms with E-state index in [-0.39, 0.29) is 23.8 Å². The van der Waals surface area contributed by atoms with Gasteiger partial charge in [-0.2, -0.15) is 0 Å². The lowest BCUT2D eigenvalue weighted by Gasteiger charge is -2.20. The number of rotatable bonds is 4. The minimum atomic E-state index is -0.137. The average Bonchev–Trinajstić information content (AvgIpc) is 2.65. The maximum Gasteiger partial charge on any atom is 0.227 e. The first-order valence-corrected chi connectivity index (χ1v) is 7.32.